The van der Waals surface area contributed by atoms with Crippen LogP contribution in [0.5, 0.6) is 5.88 Å². The van der Waals surface area contributed by atoms with Crippen LogP contribution in [0.15, 0.2) is 18.6 Å². The lowest BCUT2D eigenvalue weighted by atomic mass is 9.66. The average molecular weight is 231 g/mol. The lowest BCUT2D eigenvalue weighted by molar-refractivity contribution is -0.0997. The van der Waals surface area contributed by atoms with Crippen molar-refractivity contribution in [2.45, 2.75) is 18.9 Å². The summed E-state index contributed by atoms with van der Waals surface area (Å²) in [5.41, 5.74) is 0. The van der Waals surface area contributed by atoms with Crippen LogP contribution in [0.25, 0.3) is 0 Å². The zero-order valence-electron chi connectivity index (χ0n) is 9.83. The van der Waals surface area contributed by atoms with E-state index in [-0.39, 0.29) is 0 Å². The quantitative estimate of drug-likeness (QED) is 0.766. The van der Waals surface area contributed by atoms with Crippen molar-refractivity contribution in [2.24, 2.45) is 17.8 Å². The molecule has 2 unspecified atom stereocenters. The Morgan fingerprint density at radius 1 is 1.18 bits per heavy atom. The molecule has 1 saturated carbocycles. The zero-order valence-corrected chi connectivity index (χ0v) is 9.83. The molecule has 4 heteroatoms. The summed E-state index contributed by atoms with van der Waals surface area (Å²) in [7, 11) is 0. The molecular weight excluding hydrogens is 214 g/mol. The first-order valence-corrected chi connectivity index (χ1v) is 6.53. The molecule has 4 bridgehead atoms. The fraction of sp³-hybridized carbons (Fsp3) is 0.692. The maximum Gasteiger partial charge on any atom is 0.216 e. The molecule has 3 aliphatic heterocycles. The van der Waals surface area contributed by atoms with Gasteiger partial charge < -0.3 is 9.64 Å². The summed E-state index contributed by atoms with van der Waals surface area (Å²) < 4.78 is 6.11. The van der Waals surface area contributed by atoms with E-state index in [1.54, 1.807) is 12.5 Å². The van der Waals surface area contributed by atoms with Crippen molar-refractivity contribution in [2.75, 3.05) is 19.6 Å². The summed E-state index contributed by atoms with van der Waals surface area (Å²) in [6.07, 6.45) is 6.40. The van der Waals surface area contributed by atoms with Gasteiger partial charge in [-0.25, -0.2) is 9.97 Å². The number of rotatable bonds is 2. The molecule has 3 saturated heterocycles. The van der Waals surface area contributed by atoms with E-state index in [9.17, 15) is 0 Å². The maximum atomic E-state index is 6.11. The van der Waals surface area contributed by atoms with Crippen molar-refractivity contribution >= 4 is 0 Å². The largest absolute Gasteiger partial charge is 0.474 e. The lowest BCUT2D eigenvalue weighted by Gasteiger charge is -2.55. The van der Waals surface area contributed by atoms with Crippen LogP contribution in [0.1, 0.15) is 12.8 Å². The highest BCUT2D eigenvalue weighted by atomic mass is 16.5. The third-order valence-corrected chi connectivity index (χ3v) is 4.51. The third kappa shape index (κ3) is 1.62. The molecule has 0 spiro atoms. The lowest BCUT2D eigenvalue weighted by Crippen LogP contribution is -2.61. The van der Waals surface area contributed by atoms with Crippen molar-refractivity contribution in [1.82, 2.24) is 14.9 Å². The molecule has 0 amide bonds. The normalized spacial score (nSPS) is 42.7. The predicted molar refractivity (Wildman–Crippen MR) is 62.6 cm³/mol. The Morgan fingerprint density at radius 2 is 2.00 bits per heavy atom. The highest BCUT2D eigenvalue weighted by Gasteiger charge is 2.48. The van der Waals surface area contributed by atoms with Gasteiger partial charge in [0, 0.05) is 43.7 Å². The summed E-state index contributed by atoms with van der Waals surface area (Å²) >= 11 is 0. The van der Waals surface area contributed by atoms with Gasteiger partial charge in [-0.05, 0) is 18.8 Å². The highest BCUT2D eigenvalue weighted by Crippen LogP contribution is 2.44. The Hall–Kier alpha value is -1.16. The van der Waals surface area contributed by atoms with Crippen LogP contribution >= 0.6 is 0 Å². The molecule has 4 heterocycles. The number of ether oxygens (including phenoxy) is 1. The molecule has 1 aliphatic carbocycles. The Balaban J connectivity index is 1.55. The molecule has 4 aliphatic rings. The second-order valence-corrected chi connectivity index (χ2v) is 5.71. The summed E-state index contributed by atoms with van der Waals surface area (Å²) in [6, 6.07) is 1.87. The Labute approximate surface area is 101 Å². The average Bonchev–Trinajstić information content (AvgIpc) is 2.34. The monoisotopic (exact) mass is 231 g/mol. The second kappa shape index (κ2) is 3.67. The van der Waals surface area contributed by atoms with E-state index >= 15 is 0 Å². The molecule has 2 atom stereocenters. The molecule has 1 aromatic heterocycles. The molecule has 90 valence electrons. The molecule has 0 N–H and O–H groups in total. The number of hydrogen-bond donors (Lipinski definition) is 0. The van der Waals surface area contributed by atoms with Crippen molar-refractivity contribution in [3.05, 3.63) is 18.6 Å². The van der Waals surface area contributed by atoms with Gasteiger partial charge in [0.2, 0.25) is 5.88 Å². The van der Waals surface area contributed by atoms with Gasteiger partial charge in [0.25, 0.3) is 0 Å². The van der Waals surface area contributed by atoms with E-state index in [0.29, 0.717) is 6.10 Å². The predicted octanol–water partition coefficient (Wildman–Crippen LogP) is 1.20. The first kappa shape index (κ1) is 9.83. The minimum Gasteiger partial charge on any atom is -0.474 e. The van der Waals surface area contributed by atoms with Crippen molar-refractivity contribution in [3.63, 3.8) is 0 Å². The summed E-state index contributed by atoms with van der Waals surface area (Å²) in [4.78, 5) is 10.7. The molecule has 0 radical (unpaired) electrons. The smallest absolute Gasteiger partial charge is 0.216 e. The van der Waals surface area contributed by atoms with Crippen LogP contribution in [0.2, 0.25) is 0 Å². The SMILES string of the molecule is c1cc(OC2C3CC4CC2CN(C4)C3)ncn1. The second-order valence-electron chi connectivity index (χ2n) is 5.71. The van der Waals surface area contributed by atoms with Crippen molar-refractivity contribution < 1.29 is 4.74 Å². The summed E-state index contributed by atoms with van der Waals surface area (Å²) in [6.45, 7) is 3.78. The van der Waals surface area contributed by atoms with Crippen LogP contribution in [0.3, 0.4) is 0 Å². The molecule has 17 heavy (non-hydrogen) atoms. The van der Waals surface area contributed by atoms with Crippen LogP contribution in [0.4, 0.5) is 0 Å². The number of nitrogens with zero attached hydrogens (tertiary/aromatic N) is 3. The van der Waals surface area contributed by atoms with Crippen molar-refractivity contribution in [1.29, 1.82) is 0 Å². The third-order valence-electron chi connectivity index (χ3n) is 4.51. The molecule has 5 rings (SSSR count). The van der Waals surface area contributed by atoms with Gasteiger partial charge >= 0.3 is 0 Å². The zero-order chi connectivity index (χ0) is 11.2. The van der Waals surface area contributed by atoms with E-state index in [2.05, 4.69) is 14.9 Å². The molecule has 1 aromatic rings. The fourth-order valence-corrected chi connectivity index (χ4v) is 4.04. The minimum absolute atomic E-state index is 0.387. The van der Waals surface area contributed by atoms with Crippen LogP contribution in [0, 0.1) is 17.8 Å². The van der Waals surface area contributed by atoms with E-state index in [0.717, 1.165) is 23.6 Å². The fourth-order valence-electron chi connectivity index (χ4n) is 4.04. The number of aromatic nitrogens is 2. The molecule has 4 fully saturated rings. The van der Waals surface area contributed by atoms with Gasteiger partial charge in [0.15, 0.2) is 0 Å². The van der Waals surface area contributed by atoms with E-state index < -0.39 is 0 Å². The van der Waals surface area contributed by atoms with Gasteiger partial charge in [-0.1, -0.05) is 0 Å². The van der Waals surface area contributed by atoms with Gasteiger partial charge in [0.05, 0.1) is 0 Å². The van der Waals surface area contributed by atoms with Gasteiger partial charge in [-0.3, -0.25) is 0 Å². The molecule has 0 aromatic carbocycles. The topological polar surface area (TPSA) is 38.2 Å². The summed E-state index contributed by atoms with van der Waals surface area (Å²) in [5, 5.41) is 0. The van der Waals surface area contributed by atoms with E-state index in [1.807, 2.05) is 6.07 Å². The maximum absolute atomic E-state index is 6.11. The van der Waals surface area contributed by atoms with Crippen LogP contribution in [-0.2, 0) is 0 Å². The number of hydrogen-bond acceptors (Lipinski definition) is 4. The minimum atomic E-state index is 0.387. The highest BCUT2D eigenvalue weighted by molar-refractivity contribution is 5.08. The molecular formula is C13H17N3O. The van der Waals surface area contributed by atoms with Gasteiger partial charge in [-0.15, -0.1) is 0 Å². The van der Waals surface area contributed by atoms with E-state index in [4.69, 9.17) is 4.74 Å². The Kier molecular flexibility index (Phi) is 2.12. The summed E-state index contributed by atoms with van der Waals surface area (Å²) in [5.74, 6) is 3.11. The van der Waals surface area contributed by atoms with Crippen molar-refractivity contribution in [3.8, 4) is 5.88 Å². The van der Waals surface area contributed by atoms with Crippen LogP contribution in [-0.4, -0.2) is 40.6 Å². The van der Waals surface area contributed by atoms with Gasteiger partial charge in [-0.2, -0.15) is 0 Å². The standard InChI is InChI=1S/C13H17N3O/c1-2-14-8-15-12(1)17-13-10-3-9-4-11(13)7-16(5-9)6-10/h1-2,8-11,13H,3-7H2. The Morgan fingerprint density at radius 3 is 2.65 bits per heavy atom. The van der Waals surface area contributed by atoms with E-state index in [1.165, 1.54) is 32.5 Å². The first-order valence-electron chi connectivity index (χ1n) is 6.53. The van der Waals surface area contributed by atoms with Gasteiger partial charge in [0.1, 0.15) is 12.4 Å². The number of piperidine rings is 3. The first-order chi connectivity index (χ1) is 8.38. The molecule has 4 nitrogen and oxygen atoms in total. The Bertz CT molecular complexity index is 380. The van der Waals surface area contributed by atoms with Crippen LogP contribution < -0.4 is 4.74 Å².